The van der Waals surface area contributed by atoms with Gasteiger partial charge in [-0.1, -0.05) is 0 Å². The minimum absolute atomic E-state index is 0.365. The van der Waals surface area contributed by atoms with E-state index in [2.05, 4.69) is 9.98 Å². The minimum atomic E-state index is 0.365. The molecule has 1 heterocycles. The summed E-state index contributed by atoms with van der Waals surface area (Å²) in [7, 11) is 0. The van der Waals surface area contributed by atoms with Crippen molar-refractivity contribution in [2.45, 2.75) is 16.9 Å². The van der Waals surface area contributed by atoms with E-state index >= 15 is 0 Å². The number of carbonyl (C=O) groups excluding carboxylic acids is 2. The molecule has 2 unspecified atom stereocenters. The van der Waals surface area contributed by atoms with Crippen LogP contribution in [0.5, 0.6) is 0 Å². The first kappa shape index (κ1) is 11.5. The summed E-state index contributed by atoms with van der Waals surface area (Å²) in [6.45, 7) is 1.05. The highest BCUT2D eigenvalue weighted by atomic mass is 32.2. The van der Waals surface area contributed by atoms with Crippen LogP contribution in [0.2, 0.25) is 0 Å². The van der Waals surface area contributed by atoms with Gasteiger partial charge in [0.15, 0.2) is 0 Å². The molecule has 1 fully saturated rings. The van der Waals surface area contributed by atoms with Gasteiger partial charge in [-0.2, -0.15) is 0 Å². The van der Waals surface area contributed by atoms with Crippen LogP contribution in [0, 0.1) is 0 Å². The fourth-order valence-corrected chi connectivity index (χ4v) is 4.27. The van der Waals surface area contributed by atoms with Gasteiger partial charge in [0, 0.05) is 15.6 Å². The second-order valence-corrected chi connectivity index (χ2v) is 5.74. The lowest BCUT2D eigenvalue weighted by Crippen LogP contribution is -2.22. The van der Waals surface area contributed by atoms with Gasteiger partial charge in [-0.25, -0.2) is 19.6 Å². The second kappa shape index (κ2) is 6.85. The van der Waals surface area contributed by atoms with Crippen molar-refractivity contribution in [1.29, 1.82) is 0 Å². The molecule has 1 saturated heterocycles. The number of hydrogen-bond acceptors (Lipinski definition) is 6. The van der Waals surface area contributed by atoms with Crippen molar-refractivity contribution in [3.63, 3.8) is 0 Å². The molecule has 0 aromatic heterocycles. The van der Waals surface area contributed by atoms with Crippen LogP contribution < -0.4 is 0 Å². The topological polar surface area (TPSA) is 58.9 Å². The number of hydrogen-bond donors (Lipinski definition) is 0. The van der Waals surface area contributed by atoms with Crippen molar-refractivity contribution in [2.24, 2.45) is 9.98 Å². The maximum atomic E-state index is 9.93. The van der Waals surface area contributed by atoms with Gasteiger partial charge in [-0.3, -0.25) is 0 Å². The average Bonchev–Trinajstić information content (AvgIpc) is 2.24. The van der Waals surface area contributed by atoms with Crippen molar-refractivity contribution < 1.29 is 9.59 Å². The Bertz CT molecular complexity index is 247. The molecule has 6 heteroatoms. The molecule has 0 aliphatic carbocycles. The summed E-state index contributed by atoms with van der Waals surface area (Å²) >= 11 is 3.58. The van der Waals surface area contributed by atoms with Crippen LogP contribution in [-0.4, -0.2) is 40.8 Å². The lowest BCUT2D eigenvalue weighted by atomic mass is 10.2. The smallest absolute Gasteiger partial charge is 0.211 e. The van der Waals surface area contributed by atoms with Gasteiger partial charge in [-0.05, 0) is 6.42 Å². The largest absolute Gasteiger partial charge is 0.234 e. The van der Waals surface area contributed by atoms with Gasteiger partial charge in [-0.15, -0.1) is 23.5 Å². The zero-order chi connectivity index (χ0) is 10.2. The number of thioether (sulfide) groups is 2. The van der Waals surface area contributed by atoms with Gasteiger partial charge < -0.3 is 0 Å². The molecule has 0 aromatic rings. The molecule has 0 amide bonds. The van der Waals surface area contributed by atoms with Crippen LogP contribution in [0.3, 0.4) is 0 Å². The molecule has 4 nitrogen and oxygen atoms in total. The van der Waals surface area contributed by atoms with Crippen molar-refractivity contribution in [1.82, 2.24) is 0 Å². The van der Waals surface area contributed by atoms with Gasteiger partial charge in [0.25, 0.3) is 0 Å². The molecule has 1 aliphatic rings. The van der Waals surface area contributed by atoms with Crippen LogP contribution in [-0.2, 0) is 9.59 Å². The lowest BCUT2D eigenvalue weighted by Gasteiger charge is -2.25. The van der Waals surface area contributed by atoms with Crippen molar-refractivity contribution in [2.75, 3.05) is 18.2 Å². The summed E-state index contributed by atoms with van der Waals surface area (Å²) in [5.74, 6) is 0. The summed E-state index contributed by atoms with van der Waals surface area (Å²) in [5, 5.41) is 1.70. The Morgan fingerprint density at radius 3 is 2.00 bits per heavy atom. The molecule has 0 N–H and O–H groups in total. The highest BCUT2D eigenvalue weighted by molar-refractivity contribution is 8.17. The van der Waals surface area contributed by atoms with Crippen LogP contribution in [0.25, 0.3) is 0 Å². The summed E-state index contributed by atoms with van der Waals surface area (Å²) in [6.07, 6.45) is 4.02. The van der Waals surface area contributed by atoms with Gasteiger partial charge >= 0.3 is 0 Å². The highest BCUT2D eigenvalue weighted by Crippen LogP contribution is 2.33. The van der Waals surface area contributed by atoms with E-state index in [4.69, 9.17) is 0 Å². The molecule has 0 aromatic carbocycles. The predicted molar refractivity (Wildman–Crippen MR) is 58.2 cm³/mol. The van der Waals surface area contributed by atoms with E-state index in [9.17, 15) is 9.59 Å². The molecule has 0 saturated carbocycles. The van der Waals surface area contributed by atoms with Gasteiger partial charge in [0.05, 0.1) is 13.1 Å². The van der Waals surface area contributed by atoms with Gasteiger partial charge in [0.2, 0.25) is 12.2 Å². The Morgan fingerprint density at radius 2 is 1.57 bits per heavy atom. The first-order valence-corrected chi connectivity index (χ1v) is 6.27. The van der Waals surface area contributed by atoms with Crippen LogP contribution >= 0.6 is 23.5 Å². The Balaban J connectivity index is 2.34. The quantitative estimate of drug-likeness (QED) is 0.538. The molecule has 76 valence electrons. The molecule has 0 bridgehead atoms. The number of nitrogens with zero attached hydrogens (tertiary/aromatic N) is 2. The van der Waals surface area contributed by atoms with Crippen LogP contribution in [0.4, 0.5) is 0 Å². The molecule has 0 radical (unpaired) electrons. The van der Waals surface area contributed by atoms with E-state index in [0.717, 1.165) is 11.5 Å². The normalized spacial score (nSPS) is 26.0. The Labute approximate surface area is 90.6 Å². The molecule has 1 aliphatic heterocycles. The lowest BCUT2D eigenvalue weighted by molar-refractivity contribution is 0.561. The summed E-state index contributed by atoms with van der Waals surface area (Å²) in [6, 6.07) is 0. The van der Waals surface area contributed by atoms with Crippen molar-refractivity contribution in [3.05, 3.63) is 0 Å². The summed E-state index contributed by atoms with van der Waals surface area (Å²) in [4.78, 5) is 27.0. The van der Waals surface area contributed by atoms with Gasteiger partial charge in [0.1, 0.15) is 0 Å². The number of isocyanates is 2. The van der Waals surface area contributed by atoms with E-state index < -0.39 is 0 Å². The van der Waals surface area contributed by atoms with E-state index in [1.807, 2.05) is 0 Å². The van der Waals surface area contributed by atoms with Crippen molar-refractivity contribution >= 4 is 35.7 Å². The van der Waals surface area contributed by atoms with Crippen LogP contribution in [0.1, 0.15) is 6.42 Å². The first-order chi connectivity index (χ1) is 6.86. The Morgan fingerprint density at radius 1 is 1.07 bits per heavy atom. The standard InChI is InChI=1S/C8H10N2O2S2/c11-4-9-2-7-1-8(3-10-5-12)14-6-13-7/h7-8H,1-3,6H2. The maximum Gasteiger partial charge on any atom is 0.234 e. The molecular weight excluding hydrogens is 220 g/mol. The zero-order valence-corrected chi connectivity index (χ0v) is 9.14. The molecule has 14 heavy (non-hydrogen) atoms. The molecule has 1 rings (SSSR count). The Kier molecular flexibility index (Phi) is 5.64. The fourth-order valence-electron chi connectivity index (χ4n) is 1.19. The average molecular weight is 230 g/mol. The maximum absolute atomic E-state index is 9.93. The van der Waals surface area contributed by atoms with E-state index in [1.54, 1.807) is 35.7 Å². The van der Waals surface area contributed by atoms with E-state index in [-0.39, 0.29) is 0 Å². The molecular formula is C8H10N2O2S2. The van der Waals surface area contributed by atoms with E-state index in [0.29, 0.717) is 23.6 Å². The summed E-state index contributed by atoms with van der Waals surface area (Å²) < 4.78 is 0. The minimum Gasteiger partial charge on any atom is -0.211 e. The third kappa shape index (κ3) is 4.11. The first-order valence-electron chi connectivity index (χ1n) is 4.17. The third-order valence-electron chi connectivity index (χ3n) is 1.85. The summed E-state index contributed by atoms with van der Waals surface area (Å²) in [5.41, 5.74) is 0. The monoisotopic (exact) mass is 230 g/mol. The zero-order valence-electron chi connectivity index (χ0n) is 7.51. The highest BCUT2D eigenvalue weighted by Gasteiger charge is 2.22. The number of aliphatic imine (C=N–C) groups is 2. The number of rotatable bonds is 4. The van der Waals surface area contributed by atoms with Crippen molar-refractivity contribution in [3.8, 4) is 0 Å². The Hall–Kier alpha value is -0.540. The van der Waals surface area contributed by atoms with Crippen LogP contribution in [0.15, 0.2) is 9.98 Å². The molecule has 0 spiro atoms. The van der Waals surface area contributed by atoms with E-state index in [1.165, 1.54) is 0 Å². The fraction of sp³-hybridized carbons (Fsp3) is 0.750. The third-order valence-corrected chi connectivity index (χ3v) is 4.57. The molecule has 2 atom stereocenters. The second-order valence-electron chi connectivity index (χ2n) is 2.79. The predicted octanol–water partition coefficient (Wildman–Crippen LogP) is 1.22. The SMILES string of the molecule is O=C=NCC1CC(CN=C=O)SCS1.